The molecule has 0 saturated heterocycles. The van der Waals surface area contributed by atoms with Gasteiger partial charge in [-0.1, -0.05) is 161 Å². The summed E-state index contributed by atoms with van der Waals surface area (Å²) in [7, 11) is 2.02. The van der Waals surface area contributed by atoms with Gasteiger partial charge >= 0.3 is 6.09 Å². The van der Waals surface area contributed by atoms with E-state index >= 15 is 0 Å². The SMILES string of the molecule is CCCCCCCCC=CCCCCCCCCOCC(CNC(=O)OCCN(C)CC)OCCCCCCCCC=CCCCCCCCC. The van der Waals surface area contributed by atoms with E-state index in [2.05, 4.69) is 55.3 Å². The molecule has 0 aliphatic rings. The molecule has 1 atom stereocenters. The number of carbonyl (C=O) groups excluding carboxylic acids is 1. The Morgan fingerprint density at radius 1 is 0.549 bits per heavy atom. The van der Waals surface area contributed by atoms with Crippen molar-refractivity contribution in [3.63, 3.8) is 0 Å². The van der Waals surface area contributed by atoms with Gasteiger partial charge < -0.3 is 24.4 Å². The van der Waals surface area contributed by atoms with Crippen molar-refractivity contribution in [3.05, 3.63) is 24.3 Å². The van der Waals surface area contributed by atoms with Gasteiger partial charge in [-0.2, -0.15) is 0 Å². The minimum absolute atomic E-state index is 0.145. The summed E-state index contributed by atoms with van der Waals surface area (Å²) < 4.78 is 17.6. The van der Waals surface area contributed by atoms with Crippen LogP contribution in [0.25, 0.3) is 0 Å². The molecule has 0 heterocycles. The Hall–Kier alpha value is -1.37. The lowest BCUT2D eigenvalue weighted by Gasteiger charge is -2.19. The molecule has 302 valence electrons. The Kier molecular flexibility index (Phi) is 41.9. The Bertz CT molecular complexity index is 744. The van der Waals surface area contributed by atoms with Crippen LogP contribution < -0.4 is 5.32 Å². The Morgan fingerprint density at radius 2 is 0.961 bits per heavy atom. The highest BCUT2D eigenvalue weighted by Gasteiger charge is 2.12. The predicted molar refractivity (Wildman–Crippen MR) is 222 cm³/mol. The molecule has 0 aliphatic heterocycles. The van der Waals surface area contributed by atoms with Crippen LogP contribution in [-0.2, 0) is 14.2 Å². The van der Waals surface area contributed by atoms with E-state index in [0.717, 1.165) is 32.5 Å². The molecule has 51 heavy (non-hydrogen) atoms. The quantitative estimate of drug-likeness (QED) is 0.0503. The summed E-state index contributed by atoms with van der Waals surface area (Å²) in [6.07, 6.45) is 45.6. The number of amides is 1. The maximum Gasteiger partial charge on any atom is 0.407 e. The molecule has 0 aliphatic carbocycles. The van der Waals surface area contributed by atoms with E-state index in [1.54, 1.807) is 0 Å². The standard InChI is InChI=1S/C45H88N2O4/c1-5-8-10-12-14-16-18-20-22-24-26-28-30-32-34-36-39-49-43-44(42-46-45(48)51-41-38-47(4)7-3)50-40-37-35-33-31-29-27-25-23-21-19-17-15-13-11-9-6-2/h20-23,44H,5-19,24-43H2,1-4H3,(H,46,48). The van der Waals surface area contributed by atoms with Gasteiger partial charge in [0.15, 0.2) is 0 Å². The topological polar surface area (TPSA) is 60.0 Å². The van der Waals surface area contributed by atoms with Gasteiger partial charge in [-0.3, -0.25) is 0 Å². The van der Waals surface area contributed by atoms with Crippen molar-refractivity contribution in [2.75, 3.05) is 53.1 Å². The average molecular weight is 721 g/mol. The molecule has 0 spiro atoms. The fraction of sp³-hybridized carbons (Fsp3) is 0.889. The molecular weight excluding hydrogens is 633 g/mol. The normalized spacial score (nSPS) is 12.5. The zero-order valence-electron chi connectivity index (χ0n) is 34.7. The van der Waals surface area contributed by atoms with Crippen molar-refractivity contribution in [2.45, 2.75) is 207 Å². The average Bonchev–Trinajstić information content (AvgIpc) is 3.14. The van der Waals surface area contributed by atoms with Gasteiger partial charge in [0.05, 0.1) is 12.7 Å². The van der Waals surface area contributed by atoms with Crippen LogP contribution in [0.1, 0.15) is 201 Å². The van der Waals surface area contributed by atoms with E-state index in [1.807, 2.05) is 7.05 Å². The summed E-state index contributed by atoms with van der Waals surface area (Å²) in [6, 6.07) is 0. The molecule has 6 nitrogen and oxygen atoms in total. The molecule has 6 heteroatoms. The summed E-state index contributed by atoms with van der Waals surface area (Å²) >= 11 is 0. The zero-order chi connectivity index (χ0) is 37.1. The largest absolute Gasteiger partial charge is 0.448 e. The lowest BCUT2D eigenvalue weighted by molar-refractivity contribution is -0.0175. The highest BCUT2D eigenvalue weighted by Crippen LogP contribution is 2.12. The molecule has 0 bridgehead atoms. The fourth-order valence-corrected chi connectivity index (χ4v) is 6.13. The highest BCUT2D eigenvalue weighted by molar-refractivity contribution is 5.67. The third-order valence-electron chi connectivity index (χ3n) is 9.83. The number of hydrogen-bond donors (Lipinski definition) is 1. The molecule has 0 aromatic carbocycles. The smallest absolute Gasteiger partial charge is 0.407 e. The molecule has 0 aromatic heterocycles. The number of rotatable bonds is 41. The van der Waals surface area contributed by atoms with Crippen LogP contribution in [0.5, 0.6) is 0 Å². The van der Waals surface area contributed by atoms with E-state index in [9.17, 15) is 4.79 Å². The summed E-state index contributed by atoms with van der Waals surface area (Å²) in [6.45, 7) is 11.1. The third kappa shape index (κ3) is 41.2. The van der Waals surface area contributed by atoms with Crippen molar-refractivity contribution in [1.82, 2.24) is 10.2 Å². The minimum atomic E-state index is -0.376. The van der Waals surface area contributed by atoms with Crippen LogP contribution in [0.3, 0.4) is 0 Å². The van der Waals surface area contributed by atoms with Crippen LogP contribution in [0.4, 0.5) is 4.79 Å². The van der Waals surface area contributed by atoms with Crippen molar-refractivity contribution in [1.29, 1.82) is 0 Å². The molecule has 0 saturated carbocycles. The minimum Gasteiger partial charge on any atom is -0.448 e. The van der Waals surface area contributed by atoms with Crippen LogP contribution >= 0.6 is 0 Å². The molecule has 0 fully saturated rings. The monoisotopic (exact) mass is 721 g/mol. The fourth-order valence-electron chi connectivity index (χ4n) is 6.13. The van der Waals surface area contributed by atoms with E-state index in [0.29, 0.717) is 26.4 Å². The number of ether oxygens (including phenoxy) is 3. The number of likely N-dealkylation sites (N-methyl/N-ethyl adjacent to an activating group) is 1. The van der Waals surface area contributed by atoms with Gasteiger partial charge in [-0.05, 0) is 77.8 Å². The summed E-state index contributed by atoms with van der Waals surface area (Å²) in [5.74, 6) is 0. The second kappa shape index (κ2) is 43.0. The molecule has 0 radical (unpaired) electrons. The summed E-state index contributed by atoms with van der Waals surface area (Å²) in [5, 5.41) is 2.90. The number of nitrogens with one attached hydrogen (secondary N) is 1. The number of allylic oxidation sites excluding steroid dienone is 4. The number of nitrogens with zero attached hydrogens (tertiary/aromatic N) is 1. The second-order valence-electron chi connectivity index (χ2n) is 14.9. The first-order valence-electron chi connectivity index (χ1n) is 22.2. The second-order valence-corrected chi connectivity index (χ2v) is 14.9. The predicted octanol–water partition coefficient (Wildman–Crippen LogP) is 13.1. The Morgan fingerprint density at radius 3 is 1.41 bits per heavy atom. The third-order valence-corrected chi connectivity index (χ3v) is 9.83. The molecular formula is C45H88N2O4. The van der Waals surface area contributed by atoms with E-state index < -0.39 is 0 Å². The molecule has 1 amide bonds. The van der Waals surface area contributed by atoms with Crippen LogP contribution in [-0.4, -0.2) is 70.2 Å². The van der Waals surface area contributed by atoms with Crippen LogP contribution in [0.15, 0.2) is 24.3 Å². The number of hydrogen-bond acceptors (Lipinski definition) is 5. The van der Waals surface area contributed by atoms with E-state index in [-0.39, 0.29) is 12.2 Å². The summed E-state index contributed by atoms with van der Waals surface area (Å²) in [4.78, 5) is 14.4. The van der Waals surface area contributed by atoms with Gasteiger partial charge in [0.25, 0.3) is 0 Å². The number of carbonyl (C=O) groups is 1. The molecule has 1 N–H and O–H groups in total. The Labute approximate surface area is 318 Å². The van der Waals surface area contributed by atoms with Crippen molar-refractivity contribution in [3.8, 4) is 0 Å². The first kappa shape index (κ1) is 49.6. The van der Waals surface area contributed by atoms with Gasteiger partial charge in [0, 0.05) is 26.3 Å². The van der Waals surface area contributed by atoms with Crippen molar-refractivity contribution < 1.29 is 19.0 Å². The Balaban J connectivity index is 3.99. The van der Waals surface area contributed by atoms with E-state index in [1.165, 1.54) is 167 Å². The molecule has 0 rings (SSSR count). The number of unbranched alkanes of at least 4 members (excludes halogenated alkanes) is 24. The van der Waals surface area contributed by atoms with Gasteiger partial charge in [0.1, 0.15) is 6.61 Å². The van der Waals surface area contributed by atoms with Gasteiger partial charge in [0.2, 0.25) is 0 Å². The van der Waals surface area contributed by atoms with Crippen molar-refractivity contribution in [2.24, 2.45) is 0 Å². The molecule has 1 unspecified atom stereocenters. The van der Waals surface area contributed by atoms with Gasteiger partial charge in [-0.15, -0.1) is 0 Å². The maximum atomic E-state index is 12.2. The lowest BCUT2D eigenvalue weighted by atomic mass is 10.1. The van der Waals surface area contributed by atoms with Gasteiger partial charge in [-0.25, -0.2) is 4.79 Å². The molecule has 0 aromatic rings. The first-order valence-corrected chi connectivity index (χ1v) is 22.2. The first-order chi connectivity index (χ1) is 25.1. The zero-order valence-corrected chi connectivity index (χ0v) is 34.7. The highest BCUT2D eigenvalue weighted by atomic mass is 16.6. The van der Waals surface area contributed by atoms with E-state index in [4.69, 9.17) is 14.2 Å². The number of alkyl carbamates (subject to hydrolysis) is 1. The summed E-state index contributed by atoms with van der Waals surface area (Å²) in [5.41, 5.74) is 0. The van der Waals surface area contributed by atoms with Crippen LogP contribution in [0.2, 0.25) is 0 Å². The lowest BCUT2D eigenvalue weighted by Crippen LogP contribution is -2.37. The maximum absolute atomic E-state index is 12.2. The van der Waals surface area contributed by atoms with Crippen LogP contribution in [0, 0.1) is 0 Å². The van der Waals surface area contributed by atoms with Crippen molar-refractivity contribution >= 4 is 6.09 Å².